The van der Waals surface area contributed by atoms with Crippen LogP contribution in [0.4, 0.5) is 5.69 Å². The topological polar surface area (TPSA) is 114 Å². The molecule has 2 atom stereocenters. The van der Waals surface area contributed by atoms with E-state index >= 15 is 0 Å². The van der Waals surface area contributed by atoms with Crippen molar-refractivity contribution in [2.24, 2.45) is 0 Å². The Labute approximate surface area is 303 Å². The Hall–Kier alpha value is -4.55. The maximum atomic E-state index is 14.7. The van der Waals surface area contributed by atoms with Crippen LogP contribution >= 0.6 is 15.9 Å². The lowest BCUT2D eigenvalue weighted by Crippen LogP contribution is -2.54. The lowest BCUT2D eigenvalue weighted by Gasteiger charge is -2.34. The van der Waals surface area contributed by atoms with E-state index < -0.39 is 28.5 Å². The molecule has 50 heavy (non-hydrogen) atoms. The predicted molar refractivity (Wildman–Crippen MR) is 198 cm³/mol. The van der Waals surface area contributed by atoms with Gasteiger partial charge in [-0.3, -0.25) is 13.9 Å². The van der Waals surface area contributed by atoms with E-state index in [-0.39, 0.29) is 41.2 Å². The average molecular weight is 767 g/mol. The summed E-state index contributed by atoms with van der Waals surface area (Å²) in [6.45, 7) is 5.61. The molecule has 0 aliphatic rings. The minimum absolute atomic E-state index is 0.0528. The Morgan fingerprint density at radius 2 is 1.52 bits per heavy atom. The molecule has 4 aromatic rings. The zero-order valence-corrected chi connectivity index (χ0v) is 31.4. The standard InChI is InChI=1S/C38H44BrN3O7S/c1-6-27(3)40-38(44)34(23-28-12-9-8-10-13-28)41(25-29-14-11-15-30(39)22-29)37(43)26-42(31-16-18-32(19-17-31)49-7-2)50(45,46)33-20-21-35(47-4)36(24-33)48-5/h8-22,24,27,34H,6-7,23,25-26H2,1-5H3,(H,40,44)/t27-,34+/m0/s1. The van der Waals surface area contributed by atoms with Gasteiger partial charge in [-0.15, -0.1) is 0 Å². The SMILES string of the molecule is CCOc1ccc(N(CC(=O)N(Cc2cccc(Br)c2)[C@H](Cc2ccccc2)C(=O)N[C@@H](C)CC)S(=O)(=O)c2ccc(OC)c(OC)c2)cc1. The second kappa shape index (κ2) is 17.9. The summed E-state index contributed by atoms with van der Waals surface area (Å²) in [5.74, 6) is 0.218. The van der Waals surface area contributed by atoms with Gasteiger partial charge in [0.25, 0.3) is 10.0 Å². The summed E-state index contributed by atoms with van der Waals surface area (Å²) in [7, 11) is -1.50. The number of carbonyl (C=O) groups excluding carboxylic acids is 2. The first-order chi connectivity index (χ1) is 24.0. The minimum Gasteiger partial charge on any atom is -0.494 e. The van der Waals surface area contributed by atoms with Gasteiger partial charge in [0.1, 0.15) is 18.3 Å². The Balaban J connectivity index is 1.84. The maximum absolute atomic E-state index is 14.7. The molecule has 1 N–H and O–H groups in total. The van der Waals surface area contributed by atoms with Crippen LogP contribution in [0.15, 0.2) is 106 Å². The summed E-state index contributed by atoms with van der Waals surface area (Å²) in [5, 5.41) is 3.05. The van der Waals surface area contributed by atoms with Crippen molar-refractivity contribution in [3.63, 3.8) is 0 Å². The van der Waals surface area contributed by atoms with Crippen LogP contribution in [0, 0.1) is 0 Å². The van der Waals surface area contributed by atoms with Gasteiger partial charge in [-0.25, -0.2) is 8.42 Å². The molecule has 0 fully saturated rings. The second-order valence-electron chi connectivity index (χ2n) is 11.6. The van der Waals surface area contributed by atoms with Gasteiger partial charge in [0, 0.05) is 29.5 Å². The quantitative estimate of drug-likeness (QED) is 0.129. The number of methoxy groups -OCH3 is 2. The van der Waals surface area contributed by atoms with Crippen LogP contribution in [0.25, 0.3) is 0 Å². The van der Waals surface area contributed by atoms with Crippen molar-refractivity contribution in [3.8, 4) is 17.2 Å². The van der Waals surface area contributed by atoms with Gasteiger partial charge in [-0.05, 0) is 79.9 Å². The molecule has 2 amide bonds. The second-order valence-corrected chi connectivity index (χ2v) is 14.4. The van der Waals surface area contributed by atoms with Crippen molar-refractivity contribution in [2.75, 3.05) is 31.7 Å². The molecule has 10 nitrogen and oxygen atoms in total. The van der Waals surface area contributed by atoms with Crippen molar-refractivity contribution in [1.29, 1.82) is 0 Å². The number of nitrogens with zero attached hydrogens (tertiary/aromatic N) is 2. The average Bonchev–Trinajstić information content (AvgIpc) is 3.12. The van der Waals surface area contributed by atoms with Crippen molar-refractivity contribution >= 4 is 43.5 Å². The van der Waals surface area contributed by atoms with E-state index in [2.05, 4.69) is 21.2 Å². The molecule has 0 saturated carbocycles. The smallest absolute Gasteiger partial charge is 0.264 e. The van der Waals surface area contributed by atoms with Gasteiger partial charge >= 0.3 is 0 Å². The fourth-order valence-corrected chi connectivity index (χ4v) is 7.21. The third-order valence-electron chi connectivity index (χ3n) is 8.17. The first-order valence-electron chi connectivity index (χ1n) is 16.4. The number of nitrogens with one attached hydrogen (secondary N) is 1. The highest BCUT2D eigenvalue weighted by molar-refractivity contribution is 9.10. The number of rotatable bonds is 17. The largest absolute Gasteiger partial charge is 0.494 e. The molecule has 0 radical (unpaired) electrons. The van der Waals surface area contributed by atoms with Crippen LogP contribution in [-0.4, -0.2) is 64.6 Å². The summed E-state index contributed by atoms with van der Waals surface area (Å²) < 4.78 is 47.2. The molecule has 4 rings (SSSR count). The summed E-state index contributed by atoms with van der Waals surface area (Å²) >= 11 is 3.51. The van der Waals surface area contributed by atoms with Gasteiger partial charge in [-0.2, -0.15) is 0 Å². The highest BCUT2D eigenvalue weighted by atomic mass is 79.9. The molecule has 0 saturated heterocycles. The van der Waals surface area contributed by atoms with Crippen molar-refractivity contribution < 1.29 is 32.2 Å². The van der Waals surface area contributed by atoms with Crippen LogP contribution in [0.1, 0.15) is 38.3 Å². The van der Waals surface area contributed by atoms with Crippen LogP contribution in [0.3, 0.4) is 0 Å². The molecule has 0 aliphatic carbocycles. The summed E-state index contributed by atoms with van der Waals surface area (Å²) in [6, 6.07) is 26.5. The van der Waals surface area contributed by atoms with Crippen molar-refractivity contribution in [1.82, 2.24) is 10.2 Å². The van der Waals surface area contributed by atoms with Gasteiger partial charge in [0.2, 0.25) is 11.8 Å². The Morgan fingerprint density at radius 3 is 2.14 bits per heavy atom. The van der Waals surface area contributed by atoms with Crippen LogP contribution in [0.5, 0.6) is 17.2 Å². The number of benzene rings is 4. The van der Waals surface area contributed by atoms with E-state index in [1.54, 1.807) is 24.3 Å². The number of carbonyl (C=O) groups is 2. The monoisotopic (exact) mass is 765 g/mol. The summed E-state index contributed by atoms with van der Waals surface area (Å²) in [5.41, 5.74) is 1.85. The minimum atomic E-state index is -4.37. The normalized spacial score (nSPS) is 12.4. The molecule has 0 heterocycles. The summed E-state index contributed by atoms with van der Waals surface area (Å²) in [4.78, 5) is 30.1. The number of halogens is 1. The van der Waals surface area contributed by atoms with Crippen molar-refractivity contribution in [2.45, 2.75) is 57.1 Å². The van der Waals surface area contributed by atoms with E-state index in [9.17, 15) is 18.0 Å². The first-order valence-corrected chi connectivity index (χ1v) is 18.6. The van der Waals surface area contributed by atoms with E-state index in [0.29, 0.717) is 24.5 Å². The fraction of sp³-hybridized carbons (Fsp3) is 0.316. The number of hydrogen-bond acceptors (Lipinski definition) is 7. The molecule has 266 valence electrons. The predicted octanol–water partition coefficient (Wildman–Crippen LogP) is 6.62. The molecule has 0 unspecified atom stereocenters. The lowest BCUT2D eigenvalue weighted by atomic mass is 10.0. The molecule has 0 aliphatic heterocycles. The van der Waals surface area contributed by atoms with Gasteiger partial charge in [-0.1, -0.05) is 65.3 Å². The zero-order valence-electron chi connectivity index (χ0n) is 29.0. The molecular formula is C38H44BrN3O7S. The van der Waals surface area contributed by atoms with Gasteiger partial charge in [0.05, 0.1) is 31.4 Å². The highest BCUT2D eigenvalue weighted by Gasteiger charge is 2.35. The number of hydrogen-bond donors (Lipinski definition) is 1. The zero-order chi connectivity index (χ0) is 36.3. The Bertz CT molecular complexity index is 1840. The lowest BCUT2D eigenvalue weighted by molar-refractivity contribution is -0.140. The molecular weight excluding hydrogens is 722 g/mol. The van der Waals surface area contributed by atoms with Gasteiger partial charge < -0.3 is 24.4 Å². The number of sulfonamides is 1. The maximum Gasteiger partial charge on any atom is 0.264 e. The fourth-order valence-electron chi connectivity index (χ4n) is 5.34. The van der Waals surface area contributed by atoms with Crippen LogP contribution in [0.2, 0.25) is 0 Å². The van der Waals surface area contributed by atoms with Gasteiger partial charge in [0.15, 0.2) is 11.5 Å². The molecule has 0 aromatic heterocycles. The Morgan fingerprint density at radius 1 is 0.840 bits per heavy atom. The van der Waals surface area contributed by atoms with Crippen LogP contribution < -0.4 is 23.8 Å². The summed E-state index contributed by atoms with van der Waals surface area (Å²) in [6.07, 6.45) is 0.910. The Kier molecular flexibility index (Phi) is 13.7. The molecule has 12 heteroatoms. The van der Waals surface area contributed by atoms with E-state index in [1.165, 1.54) is 37.3 Å². The number of amides is 2. The number of anilines is 1. The van der Waals surface area contributed by atoms with E-state index in [0.717, 1.165) is 19.9 Å². The van der Waals surface area contributed by atoms with Crippen molar-refractivity contribution in [3.05, 3.63) is 113 Å². The third kappa shape index (κ3) is 9.79. The first kappa shape index (κ1) is 38.3. The third-order valence-corrected chi connectivity index (χ3v) is 10.4. The number of ether oxygens (including phenoxy) is 3. The highest BCUT2D eigenvalue weighted by Crippen LogP contribution is 2.33. The molecule has 0 spiro atoms. The van der Waals surface area contributed by atoms with Crippen LogP contribution in [-0.2, 0) is 32.6 Å². The van der Waals surface area contributed by atoms with E-state index in [4.69, 9.17) is 14.2 Å². The molecule has 0 bridgehead atoms. The molecule has 4 aromatic carbocycles. The van der Waals surface area contributed by atoms with E-state index in [1.807, 2.05) is 75.4 Å².